The minimum Gasteiger partial charge on any atom is -0.492 e. The third kappa shape index (κ3) is 5.73. The Balaban J connectivity index is 1.36. The predicted octanol–water partition coefficient (Wildman–Crippen LogP) is 3.18. The monoisotopic (exact) mass is 387 g/mol. The number of ether oxygens (including phenoxy) is 2. The van der Waals surface area contributed by atoms with Crippen LogP contribution in [0.4, 0.5) is 0 Å². The van der Waals surface area contributed by atoms with Crippen LogP contribution in [0.3, 0.4) is 0 Å². The molecule has 2 aromatic rings. The van der Waals surface area contributed by atoms with Crippen LogP contribution in [0.5, 0.6) is 5.75 Å². The van der Waals surface area contributed by atoms with E-state index in [-0.39, 0.29) is 19.1 Å². The Kier molecular flexibility index (Phi) is 6.71. The minimum atomic E-state index is -0.430. The van der Waals surface area contributed by atoms with Crippen molar-refractivity contribution in [2.24, 2.45) is 5.92 Å². The van der Waals surface area contributed by atoms with E-state index in [1.165, 1.54) is 5.56 Å². The molecule has 2 aromatic carbocycles. The van der Waals surface area contributed by atoms with E-state index in [9.17, 15) is 9.59 Å². The van der Waals surface area contributed by atoms with Gasteiger partial charge in [0.15, 0.2) is 6.61 Å². The first-order valence-corrected chi connectivity index (χ1v) is 9.38. The van der Waals surface area contributed by atoms with Crippen LogP contribution >= 0.6 is 11.6 Å². The van der Waals surface area contributed by atoms with Crippen molar-refractivity contribution in [2.45, 2.75) is 19.3 Å². The standard InChI is InChI=1S/C21H22ClNO4/c22-18-8-9-19-16(12-18)11-17(13-26-19)21(25)27-14-20(24)23-10-4-7-15-5-2-1-3-6-15/h1-3,5-6,8-9,12,17H,4,7,10-11,13-14H2,(H,23,24). The molecule has 1 aliphatic rings. The van der Waals surface area contributed by atoms with Gasteiger partial charge in [0, 0.05) is 11.6 Å². The van der Waals surface area contributed by atoms with Crippen LogP contribution in [0.2, 0.25) is 5.02 Å². The average Bonchev–Trinajstić information content (AvgIpc) is 2.69. The normalized spacial score (nSPS) is 15.4. The Morgan fingerprint density at radius 3 is 2.81 bits per heavy atom. The SMILES string of the molecule is O=C(COC(=O)C1COc2ccc(Cl)cc2C1)NCCCc1ccccc1. The molecular weight excluding hydrogens is 366 g/mol. The van der Waals surface area contributed by atoms with Gasteiger partial charge in [-0.25, -0.2) is 0 Å². The quantitative estimate of drug-likeness (QED) is 0.585. The molecule has 0 fully saturated rings. The second kappa shape index (κ2) is 9.42. The molecule has 142 valence electrons. The van der Waals surface area contributed by atoms with Crippen molar-refractivity contribution < 1.29 is 19.1 Å². The lowest BCUT2D eigenvalue weighted by atomic mass is 9.97. The molecule has 27 heavy (non-hydrogen) atoms. The molecule has 6 heteroatoms. The molecule has 1 unspecified atom stereocenters. The van der Waals surface area contributed by atoms with Gasteiger partial charge in [0.2, 0.25) is 0 Å². The Hall–Kier alpha value is -2.53. The average molecular weight is 388 g/mol. The number of rotatable bonds is 7. The van der Waals surface area contributed by atoms with Crippen molar-refractivity contribution in [2.75, 3.05) is 19.8 Å². The Bertz CT molecular complexity index is 794. The van der Waals surface area contributed by atoms with E-state index >= 15 is 0 Å². The third-order valence-electron chi connectivity index (χ3n) is 4.41. The van der Waals surface area contributed by atoms with Crippen LogP contribution in [0.15, 0.2) is 48.5 Å². The number of esters is 1. The van der Waals surface area contributed by atoms with Crippen molar-refractivity contribution in [3.8, 4) is 5.75 Å². The van der Waals surface area contributed by atoms with Gasteiger partial charge in [-0.2, -0.15) is 0 Å². The molecule has 5 nitrogen and oxygen atoms in total. The first-order chi connectivity index (χ1) is 13.1. The highest BCUT2D eigenvalue weighted by atomic mass is 35.5. The van der Waals surface area contributed by atoms with Crippen molar-refractivity contribution in [3.63, 3.8) is 0 Å². The predicted molar refractivity (Wildman–Crippen MR) is 103 cm³/mol. The van der Waals surface area contributed by atoms with Crippen molar-refractivity contribution in [1.29, 1.82) is 0 Å². The zero-order valence-corrected chi connectivity index (χ0v) is 15.7. The van der Waals surface area contributed by atoms with Gasteiger partial charge in [0.05, 0.1) is 5.92 Å². The molecule has 0 aromatic heterocycles. The lowest BCUT2D eigenvalue weighted by molar-refractivity contribution is -0.153. The molecule has 0 bridgehead atoms. The number of benzene rings is 2. The molecule has 1 aliphatic heterocycles. The van der Waals surface area contributed by atoms with Crippen LogP contribution in [-0.4, -0.2) is 31.6 Å². The van der Waals surface area contributed by atoms with Crippen LogP contribution in [0, 0.1) is 5.92 Å². The van der Waals surface area contributed by atoms with Crippen LogP contribution < -0.4 is 10.1 Å². The smallest absolute Gasteiger partial charge is 0.313 e. The maximum atomic E-state index is 12.2. The molecule has 0 saturated heterocycles. The molecule has 0 aliphatic carbocycles. The second-order valence-electron chi connectivity index (χ2n) is 6.51. The van der Waals surface area contributed by atoms with Gasteiger partial charge in [0.1, 0.15) is 12.4 Å². The summed E-state index contributed by atoms with van der Waals surface area (Å²) in [7, 11) is 0. The van der Waals surface area contributed by atoms with E-state index in [2.05, 4.69) is 17.4 Å². The maximum Gasteiger partial charge on any atom is 0.313 e. The van der Waals surface area contributed by atoms with Gasteiger partial charge in [-0.1, -0.05) is 41.9 Å². The zero-order chi connectivity index (χ0) is 19.1. The molecule has 0 spiro atoms. The van der Waals surface area contributed by atoms with E-state index in [1.807, 2.05) is 18.2 Å². The summed E-state index contributed by atoms with van der Waals surface area (Å²) < 4.78 is 10.7. The molecule has 0 saturated carbocycles. The molecule has 1 heterocycles. The van der Waals surface area contributed by atoms with Gasteiger partial charge in [0.25, 0.3) is 5.91 Å². The summed E-state index contributed by atoms with van der Waals surface area (Å²) in [4.78, 5) is 24.0. The summed E-state index contributed by atoms with van der Waals surface area (Å²) in [6.07, 6.45) is 2.22. The number of amides is 1. The number of fused-ring (bicyclic) bond motifs is 1. The summed E-state index contributed by atoms with van der Waals surface area (Å²) in [6, 6.07) is 15.4. The number of hydrogen-bond acceptors (Lipinski definition) is 4. The summed E-state index contributed by atoms with van der Waals surface area (Å²) in [6.45, 7) is 0.513. The Morgan fingerprint density at radius 1 is 1.19 bits per heavy atom. The maximum absolute atomic E-state index is 12.2. The molecule has 1 N–H and O–H groups in total. The van der Waals surface area contributed by atoms with E-state index in [0.717, 1.165) is 24.2 Å². The van der Waals surface area contributed by atoms with Crippen LogP contribution in [0.25, 0.3) is 0 Å². The van der Waals surface area contributed by atoms with Gasteiger partial charge < -0.3 is 14.8 Å². The fourth-order valence-corrected chi connectivity index (χ4v) is 3.18. The number of carbonyl (C=O) groups is 2. The number of aryl methyl sites for hydroxylation is 1. The molecular formula is C21H22ClNO4. The van der Waals surface area contributed by atoms with Crippen LogP contribution in [-0.2, 0) is 27.2 Å². The highest BCUT2D eigenvalue weighted by Gasteiger charge is 2.27. The van der Waals surface area contributed by atoms with E-state index < -0.39 is 11.9 Å². The highest BCUT2D eigenvalue weighted by molar-refractivity contribution is 6.30. The van der Waals surface area contributed by atoms with Gasteiger partial charge in [-0.15, -0.1) is 0 Å². The van der Waals surface area contributed by atoms with Crippen molar-refractivity contribution in [1.82, 2.24) is 5.32 Å². The molecule has 1 atom stereocenters. The molecule has 3 rings (SSSR count). The fourth-order valence-electron chi connectivity index (χ4n) is 2.99. The first-order valence-electron chi connectivity index (χ1n) is 9.00. The van der Waals surface area contributed by atoms with E-state index in [1.54, 1.807) is 18.2 Å². The number of nitrogens with one attached hydrogen (secondary N) is 1. The minimum absolute atomic E-state index is 0.242. The van der Waals surface area contributed by atoms with Gasteiger partial charge in [-0.3, -0.25) is 9.59 Å². The third-order valence-corrected chi connectivity index (χ3v) is 4.65. The van der Waals surface area contributed by atoms with Crippen LogP contribution in [0.1, 0.15) is 17.5 Å². The highest BCUT2D eigenvalue weighted by Crippen LogP contribution is 2.30. The van der Waals surface area contributed by atoms with E-state index in [0.29, 0.717) is 18.0 Å². The lowest BCUT2D eigenvalue weighted by Crippen LogP contribution is -2.34. The number of halogens is 1. The summed E-state index contributed by atoms with van der Waals surface area (Å²) in [5.74, 6) is -0.418. The largest absolute Gasteiger partial charge is 0.492 e. The first kappa shape index (κ1) is 19.2. The summed E-state index contributed by atoms with van der Waals surface area (Å²) >= 11 is 5.98. The summed E-state index contributed by atoms with van der Waals surface area (Å²) in [5, 5.41) is 3.37. The van der Waals surface area contributed by atoms with Crippen molar-refractivity contribution in [3.05, 3.63) is 64.7 Å². The molecule has 0 radical (unpaired) electrons. The topological polar surface area (TPSA) is 64.6 Å². The zero-order valence-electron chi connectivity index (χ0n) is 14.9. The van der Waals surface area contributed by atoms with Gasteiger partial charge in [-0.05, 0) is 48.6 Å². The second-order valence-corrected chi connectivity index (χ2v) is 6.95. The Labute approximate surface area is 163 Å². The van der Waals surface area contributed by atoms with Crippen molar-refractivity contribution >= 4 is 23.5 Å². The van der Waals surface area contributed by atoms with Gasteiger partial charge >= 0.3 is 5.97 Å². The fraction of sp³-hybridized carbons (Fsp3) is 0.333. The summed E-state index contributed by atoms with van der Waals surface area (Å²) in [5.41, 5.74) is 2.11. The number of hydrogen-bond donors (Lipinski definition) is 1. The molecule has 1 amide bonds. The number of carbonyl (C=O) groups excluding carboxylic acids is 2. The lowest BCUT2D eigenvalue weighted by Gasteiger charge is -2.24. The Morgan fingerprint density at radius 2 is 2.00 bits per heavy atom. The van der Waals surface area contributed by atoms with E-state index in [4.69, 9.17) is 21.1 Å².